The van der Waals surface area contributed by atoms with Gasteiger partial charge in [-0.2, -0.15) is 0 Å². The summed E-state index contributed by atoms with van der Waals surface area (Å²) in [4.78, 5) is 16.6. The Labute approximate surface area is 208 Å². The second-order valence-corrected chi connectivity index (χ2v) is 7.73. The second kappa shape index (κ2) is 14.5. The Balaban J connectivity index is 0.00000272. The van der Waals surface area contributed by atoms with Crippen LogP contribution in [0.25, 0.3) is 0 Å². The molecule has 0 fully saturated rings. The molecule has 0 bridgehead atoms. The number of aliphatic hydroxyl groups is 1. The largest absolute Gasteiger partial charge is 0.387 e. The molecule has 33 heavy (non-hydrogen) atoms. The highest BCUT2D eigenvalue weighted by atomic mass is 35.5. The van der Waals surface area contributed by atoms with Crippen molar-refractivity contribution in [3.05, 3.63) is 96.1 Å². The number of nitrogens with one attached hydrogen (secondary N) is 2. The van der Waals surface area contributed by atoms with Gasteiger partial charge in [-0.1, -0.05) is 54.6 Å². The zero-order valence-corrected chi connectivity index (χ0v) is 20.4. The molecular formula is C25H32Cl2N4O2. The lowest BCUT2D eigenvalue weighted by molar-refractivity contribution is -0.115. The smallest absolute Gasteiger partial charge is 0.231 e. The predicted octanol–water partition coefficient (Wildman–Crippen LogP) is 4.35. The maximum absolute atomic E-state index is 12.4. The summed E-state index contributed by atoms with van der Waals surface area (Å²) in [5, 5.41) is 16.4. The van der Waals surface area contributed by atoms with E-state index in [2.05, 4.69) is 22.2 Å². The molecule has 0 spiro atoms. The van der Waals surface area contributed by atoms with Crippen LogP contribution < -0.4 is 10.6 Å². The van der Waals surface area contributed by atoms with E-state index in [0.717, 1.165) is 41.2 Å². The Morgan fingerprint density at radius 3 is 2.48 bits per heavy atom. The van der Waals surface area contributed by atoms with E-state index < -0.39 is 6.10 Å². The van der Waals surface area contributed by atoms with E-state index in [1.807, 2.05) is 72.3 Å². The van der Waals surface area contributed by atoms with Crippen molar-refractivity contribution >= 4 is 36.4 Å². The number of hydrogen-bond acceptors (Lipinski definition) is 4. The fraction of sp³-hybridized carbons (Fsp3) is 0.280. The molecule has 1 amide bonds. The monoisotopic (exact) mass is 490 g/mol. The summed E-state index contributed by atoms with van der Waals surface area (Å²) in [6, 6.07) is 17.5. The number of aliphatic hydroxyl groups excluding tert-OH is 1. The number of halogens is 2. The van der Waals surface area contributed by atoms with Gasteiger partial charge in [0.1, 0.15) is 5.82 Å². The lowest BCUT2D eigenvalue weighted by Crippen LogP contribution is -2.23. The van der Waals surface area contributed by atoms with E-state index in [4.69, 9.17) is 0 Å². The van der Waals surface area contributed by atoms with Gasteiger partial charge in [0, 0.05) is 31.2 Å². The number of rotatable bonds is 11. The molecule has 1 atom stereocenters. The molecule has 1 aromatic heterocycles. The summed E-state index contributed by atoms with van der Waals surface area (Å²) in [6.45, 7) is 7.80. The first-order valence-corrected chi connectivity index (χ1v) is 10.5. The van der Waals surface area contributed by atoms with Gasteiger partial charge in [0.15, 0.2) is 0 Å². The molecule has 0 unspecified atom stereocenters. The molecule has 0 aliphatic carbocycles. The van der Waals surface area contributed by atoms with E-state index in [-0.39, 0.29) is 37.1 Å². The molecule has 3 N–H and O–H groups in total. The number of imidazole rings is 1. The Morgan fingerprint density at radius 1 is 1.12 bits per heavy atom. The molecule has 2 aromatic carbocycles. The third kappa shape index (κ3) is 9.40. The minimum atomic E-state index is -0.509. The first kappa shape index (κ1) is 28.4. The lowest BCUT2D eigenvalue weighted by Gasteiger charge is -2.12. The summed E-state index contributed by atoms with van der Waals surface area (Å²) < 4.78 is 1.94. The number of carbonyl (C=O) groups is 1. The van der Waals surface area contributed by atoms with Crippen molar-refractivity contribution in [1.82, 2.24) is 14.9 Å². The van der Waals surface area contributed by atoms with Crippen LogP contribution >= 0.6 is 24.8 Å². The fourth-order valence-corrected chi connectivity index (χ4v) is 3.31. The van der Waals surface area contributed by atoms with Crippen molar-refractivity contribution in [2.24, 2.45) is 0 Å². The first-order valence-electron chi connectivity index (χ1n) is 10.5. The Bertz CT molecular complexity index is 991. The van der Waals surface area contributed by atoms with E-state index in [0.29, 0.717) is 13.1 Å². The van der Waals surface area contributed by atoms with E-state index in [9.17, 15) is 9.90 Å². The van der Waals surface area contributed by atoms with Gasteiger partial charge in [-0.25, -0.2) is 4.98 Å². The Hall–Kier alpha value is -2.64. The van der Waals surface area contributed by atoms with Crippen LogP contribution in [0.2, 0.25) is 0 Å². The summed E-state index contributed by atoms with van der Waals surface area (Å²) >= 11 is 0. The number of nitrogens with zero attached hydrogens (tertiary/aromatic N) is 2. The lowest BCUT2D eigenvalue weighted by atomic mass is 10.1. The van der Waals surface area contributed by atoms with Gasteiger partial charge in [0.05, 0.1) is 12.5 Å². The topological polar surface area (TPSA) is 79.2 Å². The molecule has 0 radical (unpaired) electrons. The van der Waals surface area contributed by atoms with Crippen LogP contribution in [0.4, 0.5) is 5.69 Å². The van der Waals surface area contributed by atoms with Crippen molar-refractivity contribution < 1.29 is 9.90 Å². The van der Waals surface area contributed by atoms with E-state index in [1.165, 1.54) is 0 Å². The Kier molecular flexibility index (Phi) is 12.5. The molecule has 0 aliphatic rings. The maximum atomic E-state index is 12.4. The zero-order valence-electron chi connectivity index (χ0n) is 18.7. The van der Waals surface area contributed by atoms with Crippen molar-refractivity contribution in [1.29, 1.82) is 0 Å². The van der Waals surface area contributed by atoms with Crippen LogP contribution in [-0.4, -0.2) is 33.7 Å². The predicted molar refractivity (Wildman–Crippen MR) is 138 cm³/mol. The van der Waals surface area contributed by atoms with Crippen molar-refractivity contribution in [2.75, 3.05) is 18.4 Å². The molecule has 3 aromatic rings. The molecule has 0 aliphatic heterocycles. The van der Waals surface area contributed by atoms with Crippen molar-refractivity contribution in [3.63, 3.8) is 0 Å². The highest BCUT2D eigenvalue weighted by Crippen LogP contribution is 2.12. The average Bonchev–Trinajstić information content (AvgIpc) is 3.18. The van der Waals surface area contributed by atoms with E-state index >= 15 is 0 Å². The molecule has 8 heteroatoms. The van der Waals surface area contributed by atoms with Gasteiger partial charge in [0.2, 0.25) is 5.91 Å². The van der Waals surface area contributed by atoms with Crippen LogP contribution in [0.3, 0.4) is 0 Å². The summed E-state index contributed by atoms with van der Waals surface area (Å²) in [6.07, 6.45) is 4.11. The number of benzene rings is 2. The summed E-state index contributed by atoms with van der Waals surface area (Å²) in [5.74, 6) is 0.624. The molecule has 0 saturated heterocycles. The van der Waals surface area contributed by atoms with Crippen molar-refractivity contribution in [2.45, 2.75) is 32.4 Å². The molecule has 1 heterocycles. The number of hydrogen-bond donors (Lipinski definition) is 3. The van der Waals surface area contributed by atoms with Crippen LogP contribution in [-0.2, 0) is 24.2 Å². The SMILES string of the molecule is C=C(C)Cn1ccnc1CC(=O)Nc1ccc(CCNC[C@H](O)c2ccccc2)cc1.Cl.Cl. The minimum Gasteiger partial charge on any atom is -0.387 e. The second-order valence-electron chi connectivity index (χ2n) is 7.73. The Morgan fingerprint density at radius 2 is 1.82 bits per heavy atom. The van der Waals surface area contributed by atoms with Gasteiger partial charge in [-0.05, 0) is 43.1 Å². The van der Waals surface area contributed by atoms with Gasteiger partial charge >= 0.3 is 0 Å². The highest BCUT2D eigenvalue weighted by Gasteiger charge is 2.10. The van der Waals surface area contributed by atoms with Crippen molar-refractivity contribution in [3.8, 4) is 0 Å². The molecule has 0 saturated carbocycles. The summed E-state index contributed by atoms with van der Waals surface area (Å²) in [7, 11) is 0. The molecular weight excluding hydrogens is 459 g/mol. The normalized spacial score (nSPS) is 11.1. The number of amides is 1. The quantitative estimate of drug-likeness (QED) is 0.275. The zero-order chi connectivity index (χ0) is 22.1. The third-order valence-electron chi connectivity index (χ3n) is 4.91. The number of carbonyl (C=O) groups excluding carboxylic acids is 1. The molecule has 3 rings (SSSR count). The van der Waals surface area contributed by atoms with E-state index in [1.54, 1.807) is 6.20 Å². The third-order valence-corrected chi connectivity index (χ3v) is 4.91. The maximum Gasteiger partial charge on any atom is 0.231 e. The standard InChI is InChI=1S/C25H30N4O2.2ClH/c1-19(2)18-29-15-14-27-24(29)16-25(31)28-22-10-8-20(9-11-22)12-13-26-17-23(30)21-6-4-3-5-7-21;;/h3-11,14-15,23,26,30H,1,12-13,16-18H2,2H3,(H,28,31);2*1H/t23-;;/m0../s1. The first-order chi connectivity index (χ1) is 15.0. The van der Waals surface area contributed by atoms with Gasteiger partial charge in [-0.15, -0.1) is 24.8 Å². The minimum absolute atomic E-state index is 0. The number of allylic oxidation sites excluding steroid dienone is 1. The van der Waals surface area contributed by atoms with Gasteiger partial charge in [0.25, 0.3) is 0 Å². The average molecular weight is 491 g/mol. The van der Waals surface area contributed by atoms with Crippen LogP contribution in [0.5, 0.6) is 0 Å². The molecule has 178 valence electrons. The van der Waals surface area contributed by atoms with Gasteiger partial charge in [-0.3, -0.25) is 4.79 Å². The van der Waals surface area contributed by atoms with Crippen LogP contribution in [0, 0.1) is 0 Å². The number of aromatic nitrogens is 2. The number of anilines is 1. The van der Waals surface area contributed by atoms with Crippen LogP contribution in [0.15, 0.2) is 79.1 Å². The van der Waals surface area contributed by atoms with Gasteiger partial charge < -0.3 is 20.3 Å². The summed E-state index contributed by atoms with van der Waals surface area (Å²) in [5.41, 5.74) is 3.85. The highest BCUT2D eigenvalue weighted by molar-refractivity contribution is 5.91. The van der Waals surface area contributed by atoms with Crippen LogP contribution in [0.1, 0.15) is 30.0 Å². The fourth-order valence-electron chi connectivity index (χ4n) is 3.31. The molecule has 6 nitrogen and oxygen atoms in total.